The highest BCUT2D eigenvalue weighted by molar-refractivity contribution is 5.57. The highest BCUT2D eigenvalue weighted by atomic mass is 19.1. The van der Waals surface area contributed by atoms with Crippen LogP contribution >= 0.6 is 0 Å². The zero-order chi connectivity index (χ0) is 13.0. The Kier molecular flexibility index (Phi) is 4.70. The van der Waals surface area contributed by atoms with E-state index in [-0.39, 0.29) is 17.9 Å². The molecule has 2 N–H and O–H groups in total. The molecule has 0 aliphatic heterocycles. The van der Waals surface area contributed by atoms with Crippen molar-refractivity contribution < 1.29 is 4.39 Å². The van der Waals surface area contributed by atoms with Crippen molar-refractivity contribution in [3.63, 3.8) is 0 Å². The Bertz CT molecular complexity index is 386. The second-order valence-electron chi connectivity index (χ2n) is 4.50. The van der Waals surface area contributed by atoms with Crippen molar-refractivity contribution in [3.8, 4) is 0 Å². The molecule has 2 nitrogen and oxygen atoms in total. The maximum atomic E-state index is 14.0. The van der Waals surface area contributed by atoms with Gasteiger partial charge in [0.25, 0.3) is 0 Å². The van der Waals surface area contributed by atoms with Gasteiger partial charge in [0.2, 0.25) is 0 Å². The van der Waals surface area contributed by atoms with Crippen LogP contribution in [0, 0.1) is 5.82 Å². The lowest BCUT2D eigenvalue weighted by Crippen LogP contribution is -2.33. The summed E-state index contributed by atoms with van der Waals surface area (Å²) in [5, 5.41) is 0. The number of halogens is 1. The van der Waals surface area contributed by atoms with Gasteiger partial charge in [-0.3, -0.25) is 0 Å². The lowest BCUT2D eigenvalue weighted by atomic mass is 10.0. The Morgan fingerprint density at radius 2 is 2.06 bits per heavy atom. The monoisotopic (exact) mass is 236 g/mol. The standard InChI is InChI=1S/C14H21FN2/c1-5-9-17(10(2)3)14-12(11(4)16)7-6-8-13(14)15/h5-8,10-11H,1,9,16H2,2-4H3. The maximum absolute atomic E-state index is 14.0. The fourth-order valence-corrected chi connectivity index (χ4v) is 1.90. The van der Waals surface area contributed by atoms with E-state index in [4.69, 9.17) is 5.73 Å². The minimum absolute atomic E-state index is 0.188. The fourth-order valence-electron chi connectivity index (χ4n) is 1.90. The Morgan fingerprint density at radius 1 is 1.41 bits per heavy atom. The molecule has 1 aromatic carbocycles. The first kappa shape index (κ1) is 13.7. The number of rotatable bonds is 5. The van der Waals surface area contributed by atoms with E-state index >= 15 is 0 Å². The van der Waals surface area contributed by atoms with Crippen LogP contribution in [0.15, 0.2) is 30.9 Å². The van der Waals surface area contributed by atoms with Crippen LogP contribution in [0.4, 0.5) is 10.1 Å². The van der Waals surface area contributed by atoms with Gasteiger partial charge in [-0.25, -0.2) is 4.39 Å². The smallest absolute Gasteiger partial charge is 0.146 e. The predicted octanol–water partition coefficient (Wildman–Crippen LogP) is 3.25. The molecule has 0 bridgehead atoms. The summed E-state index contributed by atoms with van der Waals surface area (Å²) in [7, 11) is 0. The molecule has 1 atom stereocenters. The number of nitrogens with zero attached hydrogens (tertiary/aromatic N) is 1. The first-order valence-corrected chi connectivity index (χ1v) is 5.90. The quantitative estimate of drug-likeness (QED) is 0.795. The van der Waals surface area contributed by atoms with Crippen LogP contribution in [0.3, 0.4) is 0 Å². The molecule has 1 aromatic rings. The van der Waals surface area contributed by atoms with Crippen LogP contribution in [0.2, 0.25) is 0 Å². The van der Waals surface area contributed by atoms with Gasteiger partial charge >= 0.3 is 0 Å². The molecule has 0 spiro atoms. The summed E-state index contributed by atoms with van der Waals surface area (Å²) >= 11 is 0. The third-order valence-electron chi connectivity index (χ3n) is 2.74. The van der Waals surface area contributed by atoms with Gasteiger partial charge in [-0.2, -0.15) is 0 Å². The van der Waals surface area contributed by atoms with E-state index in [0.717, 1.165) is 5.56 Å². The van der Waals surface area contributed by atoms with Crippen molar-refractivity contribution in [1.82, 2.24) is 0 Å². The normalized spacial score (nSPS) is 12.6. The Balaban J connectivity index is 3.29. The predicted molar refractivity (Wildman–Crippen MR) is 71.7 cm³/mol. The molecule has 0 amide bonds. The molecule has 94 valence electrons. The Morgan fingerprint density at radius 3 is 2.53 bits per heavy atom. The molecule has 0 saturated carbocycles. The molecule has 0 aliphatic rings. The zero-order valence-electron chi connectivity index (χ0n) is 10.8. The van der Waals surface area contributed by atoms with E-state index in [1.807, 2.05) is 31.7 Å². The number of benzene rings is 1. The lowest BCUT2D eigenvalue weighted by Gasteiger charge is -2.31. The van der Waals surface area contributed by atoms with E-state index in [1.165, 1.54) is 6.07 Å². The van der Waals surface area contributed by atoms with Gasteiger partial charge in [0.05, 0.1) is 5.69 Å². The molecular weight excluding hydrogens is 215 g/mol. The molecule has 0 saturated heterocycles. The topological polar surface area (TPSA) is 29.3 Å². The third kappa shape index (κ3) is 3.07. The molecule has 0 aromatic heterocycles. The van der Waals surface area contributed by atoms with Gasteiger partial charge in [-0.1, -0.05) is 18.2 Å². The Labute approximate surface area is 103 Å². The van der Waals surface area contributed by atoms with E-state index in [1.54, 1.807) is 12.1 Å². The van der Waals surface area contributed by atoms with Crippen molar-refractivity contribution in [2.75, 3.05) is 11.4 Å². The highest BCUT2D eigenvalue weighted by Crippen LogP contribution is 2.29. The second kappa shape index (κ2) is 5.82. The number of para-hydroxylation sites is 1. The number of anilines is 1. The molecule has 1 rings (SSSR count). The van der Waals surface area contributed by atoms with Crippen LogP contribution in [0.1, 0.15) is 32.4 Å². The molecule has 0 heterocycles. The summed E-state index contributed by atoms with van der Waals surface area (Å²) in [4.78, 5) is 1.97. The molecular formula is C14H21FN2. The summed E-state index contributed by atoms with van der Waals surface area (Å²) in [5.74, 6) is -0.227. The van der Waals surface area contributed by atoms with Crippen LogP contribution < -0.4 is 10.6 Å². The van der Waals surface area contributed by atoms with Crippen LogP contribution in [0.5, 0.6) is 0 Å². The summed E-state index contributed by atoms with van der Waals surface area (Å²) in [6.45, 7) is 10.2. The van der Waals surface area contributed by atoms with Gasteiger partial charge in [0.15, 0.2) is 0 Å². The van der Waals surface area contributed by atoms with E-state index in [2.05, 4.69) is 6.58 Å². The molecule has 0 radical (unpaired) electrons. The van der Waals surface area contributed by atoms with Crippen molar-refractivity contribution in [3.05, 3.63) is 42.2 Å². The minimum Gasteiger partial charge on any atom is -0.363 e. The average Bonchev–Trinajstić information content (AvgIpc) is 2.25. The van der Waals surface area contributed by atoms with Crippen molar-refractivity contribution in [1.29, 1.82) is 0 Å². The van der Waals surface area contributed by atoms with Gasteiger partial charge in [-0.05, 0) is 32.4 Å². The average molecular weight is 236 g/mol. The lowest BCUT2D eigenvalue weighted by molar-refractivity contribution is 0.601. The van der Waals surface area contributed by atoms with E-state index in [9.17, 15) is 4.39 Å². The van der Waals surface area contributed by atoms with E-state index in [0.29, 0.717) is 12.2 Å². The van der Waals surface area contributed by atoms with Crippen molar-refractivity contribution in [2.45, 2.75) is 32.9 Å². The maximum Gasteiger partial charge on any atom is 0.146 e. The van der Waals surface area contributed by atoms with Crippen molar-refractivity contribution >= 4 is 5.69 Å². The van der Waals surface area contributed by atoms with Gasteiger partial charge in [0.1, 0.15) is 5.82 Å². The number of nitrogens with two attached hydrogens (primary N) is 1. The largest absolute Gasteiger partial charge is 0.363 e. The first-order valence-electron chi connectivity index (χ1n) is 5.90. The molecule has 0 fully saturated rings. The first-order chi connectivity index (χ1) is 7.99. The zero-order valence-corrected chi connectivity index (χ0v) is 10.8. The summed E-state index contributed by atoms with van der Waals surface area (Å²) in [6, 6.07) is 5.06. The summed E-state index contributed by atoms with van der Waals surface area (Å²) in [6.07, 6.45) is 1.78. The van der Waals surface area contributed by atoms with Gasteiger partial charge < -0.3 is 10.6 Å². The van der Waals surface area contributed by atoms with Gasteiger partial charge in [0, 0.05) is 18.6 Å². The van der Waals surface area contributed by atoms with Crippen LogP contribution in [-0.2, 0) is 0 Å². The molecule has 0 aliphatic carbocycles. The fraction of sp³-hybridized carbons (Fsp3) is 0.429. The summed E-state index contributed by atoms with van der Waals surface area (Å²) in [5.41, 5.74) is 7.33. The van der Waals surface area contributed by atoms with E-state index < -0.39 is 0 Å². The second-order valence-corrected chi connectivity index (χ2v) is 4.50. The van der Waals surface area contributed by atoms with Crippen LogP contribution in [0.25, 0.3) is 0 Å². The number of hydrogen-bond acceptors (Lipinski definition) is 2. The SMILES string of the molecule is C=CCN(c1c(F)cccc1C(C)N)C(C)C. The number of hydrogen-bond donors (Lipinski definition) is 1. The Hall–Kier alpha value is -1.35. The minimum atomic E-state index is -0.227. The highest BCUT2D eigenvalue weighted by Gasteiger charge is 2.19. The molecule has 1 unspecified atom stereocenters. The van der Waals surface area contributed by atoms with Gasteiger partial charge in [-0.15, -0.1) is 6.58 Å². The molecule has 17 heavy (non-hydrogen) atoms. The molecule has 3 heteroatoms. The van der Waals surface area contributed by atoms with Crippen molar-refractivity contribution in [2.24, 2.45) is 5.73 Å². The van der Waals surface area contributed by atoms with Crippen LogP contribution in [-0.4, -0.2) is 12.6 Å². The summed E-state index contributed by atoms with van der Waals surface area (Å²) < 4.78 is 14.0. The third-order valence-corrected chi connectivity index (χ3v) is 2.74.